The molecule has 0 aromatic heterocycles. The first-order valence-corrected chi connectivity index (χ1v) is 3.54. The third-order valence-corrected chi connectivity index (χ3v) is 2.61. The molecular formula is C8H12. The molecule has 8 heavy (non-hydrogen) atoms. The molecule has 2 aliphatic rings. The van der Waals surface area contributed by atoms with E-state index < -0.39 is 0 Å². The van der Waals surface area contributed by atoms with Crippen molar-refractivity contribution < 1.29 is 0 Å². The van der Waals surface area contributed by atoms with Crippen molar-refractivity contribution in [1.82, 2.24) is 0 Å². The highest BCUT2D eigenvalue weighted by molar-refractivity contribution is 5.08. The van der Waals surface area contributed by atoms with E-state index >= 15 is 0 Å². The zero-order valence-corrected chi connectivity index (χ0v) is 5.30. The maximum absolute atomic E-state index is 2.40. The summed E-state index contributed by atoms with van der Waals surface area (Å²) in [5, 5.41) is 0. The van der Waals surface area contributed by atoms with E-state index in [1.165, 1.54) is 12.8 Å². The third kappa shape index (κ3) is 0.460. The predicted octanol–water partition coefficient (Wildman–Crippen LogP) is 2.22. The van der Waals surface area contributed by atoms with Crippen molar-refractivity contribution >= 4 is 0 Å². The average molecular weight is 108 g/mol. The fourth-order valence-electron chi connectivity index (χ4n) is 2.06. The van der Waals surface area contributed by atoms with Crippen LogP contribution in [0.2, 0.25) is 0 Å². The second kappa shape index (κ2) is 1.37. The van der Waals surface area contributed by atoms with Gasteiger partial charge in [0.15, 0.2) is 0 Å². The van der Waals surface area contributed by atoms with E-state index in [-0.39, 0.29) is 0 Å². The van der Waals surface area contributed by atoms with Crippen molar-refractivity contribution in [3.05, 3.63) is 12.2 Å². The number of rotatable bonds is 0. The molecule has 0 heterocycles. The van der Waals surface area contributed by atoms with Gasteiger partial charge in [-0.2, -0.15) is 0 Å². The number of hydrogen-bond donors (Lipinski definition) is 0. The van der Waals surface area contributed by atoms with Gasteiger partial charge < -0.3 is 0 Å². The summed E-state index contributed by atoms with van der Waals surface area (Å²) < 4.78 is 0. The molecule has 1 fully saturated rings. The van der Waals surface area contributed by atoms with Crippen LogP contribution >= 0.6 is 0 Å². The van der Waals surface area contributed by atoms with Crippen LogP contribution in [0.25, 0.3) is 0 Å². The quantitative estimate of drug-likeness (QED) is 0.417. The molecule has 2 rings (SSSR count). The van der Waals surface area contributed by atoms with Crippen molar-refractivity contribution in [3.8, 4) is 0 Å². The van der Waals surface area contributed by atoms with Crippen LogP contribution in [0.4, 0.5) is 0 Å². The predicted molar refractivity (Wildman–Crippen MR) is 34.5 cm³/mol. The molecule has 0 saturated heterocycles. The Kier molecular flexibility index (Phi) is 0.787. The Balaban J connectivity index is 2.23. The molecule has 0 amide bonds. The summed E-state index contributed by atoms with van der Waals surface area (Å²) in [5.74, 6) is 2.92. The minimum Gasteiger partial charge on any atom is -0.0851 e. The molecule has 0 N–H and O–H groups in total. The SMILES string of the molecule is C[C@@H]1C[C@H]2C=C[C@H]1C2. The van der Waals surface area contributed by atoms with E-state index in [0.29, 0.717) is 0 Å². The zero-order valence-electron chi connectivity index (χ0n) is 5.30. The van der Waals surface area contributed by atoms with Gasteiger partial charge in [-0.25, -0.2) is 0 Å². The summed E-state index contributed by atoms with van der Waals surface area (Å²) in [5.41, 5.74) is 0. The molecule has 0 heteroatoms. The van der Waals surface area contributed by atoms with Crippen LogP contribution < -0.4 is 0 Å². The van der Waals surface area contributed by atoms with Gasteiger partial charge in [0.25, 0.3) is 0 Å². The fraction of sp³-hybridized carbons (Fsp3) is 0.750. The molecule has 0 radical (unpaired) electrons. The van der Waals surface area contributed by atoms with E-state index in [9.17, 15) is 0 Å². The molecule has 0 unspecified atom stereocenters. The van der Waals surface area contributed by atoms with Gasteiger partial charge in [-0.1, -0.05) is 19.1 Å². The van der Waals surface area contributed by atoms with Gasteiger partial charge in [-0.3, -0.25) is 0 Å². The first-order chi connectivity index (χ1) is 3.86. The first kappa shape index (κ1) is 4.60. The smallest absolute Gasteiger partial charge is 0.0202 e. The summed E-state index contributed by atoms with van der Waals surface area (Å²) in [6, 6.07) is 0. The Morgan fingerprint density at radius 3 is 2.38 bits per heavy atom. The summed E-state index contributed by atoms with van der Waals surface area (Å²) >= 11 is 0. The van der Waals surface area contributed by atoms with Gasteiger partial charge >= 0.3 is 0 Å². The maximum atomic E-state index is 2.40. The van der Waals surface area contributed by atoms with Crippen molar-refractivity contribution in [3.63, 3.8) is 0 Å². The fourth-order valence-corrected chi connectivity index (χ4v) is 2.06. The van der Waals surface area contributed by atoms with Crippen LogP contribution in [0.1, 0.15) is 19.8 Å². The monoisotopic (exact) mass is 108 g/mol. The minimum absolute atomic E-state index is 0.958. The zero-order chi connectivity index (χ0) is 5.56. The van der Waals surface area contributed by atoms with Crippen LogP contribution in [0.15, 0.2) is 12.2 Å². The lowest BCUT2D eigenvalue weighted by atomic mass is 9.96. The number of fused-ring (bicyclic) bond motifs is 2. The lowest BCUT2D eigenvalue weighted by molar-refractivity contribution is 0.493. The minimum atomic E-state index is 0.958. The molecule has 0 aliphatic heterocycles. The lowest BCUT2D eigenvalue weighted by Crippen LogP contribution is -1.99. The van der Waals surface area contributed by atoms with Gasteiger partial charge in [0.2, 0.25) is 0 Å². The lowest BCUT2D eigenvalue weighted by Gasteiger charge is -2.09. The van der Waals surface area contributed by atoms with Crippen molar-refractivity contribution in [2.24, 2.45) is 17.8 Å². The van der Waals surface area contributed by atoms with Gasteiger partial charge in [0.05, 0.1) is 0 Å². The molecule has 2 bridgehead atoms. The van der Waals surface area contributed by atoms with Crippen molar-refractivity contribution in [1.29, 1.82) is 0 Å². The number of allylic oxidation sites excluding steroid dienone is 2. The standard InChI is InChI=1S/C8H12/c1-6-4-7-2-3-8(6)5-7/h2-3,6-8H,4-5H2,1H3/t6-,7-,8+/m1/s1. The largest absolute Gasteiger partial charge is 0.0851 e. The summed E-state index contributed by atoms with van der Waals surface area (Å²) in [6.45, 7) is 2.37. The van der Waals surface area contributed by atoms with Crippen LogP contribution in [-0.2, 0) is 0 Å². The van der Waals surface area contributed by atoms with Gasteiger partial charge in [0, 0.05) is 0 Å². The molecule has 1 saturated carbocycles. The second-order valence-electron chi connectivity index (χ2n) is 3.26. The van der Waals surface area contributed by atoms with Crippen molar-refractivity contribution in [2.75, 3.05) is 0 Å². The average Bonchev–Trinajstić information content (AvgIpc) is 2.23. The van der Waals surface area contributed by atoms with E-state index in [2.05, 4.69) is 19.1 Å². The van der Waals surface area contributed by atoms with Gasteiger partial charge in [-0.05, 0) is 30.6 Å². The third-order valence-electron chi connectivity index (χ3n) is 2.61. The van der Waals surface area contributed by atoms with Crippen LogP contribution in [-0.4, -0.2) is 0 Å². The molecule has 0 spiro atoms. The summed E-state index contributed by atoms with van der Waals surface area (Å²) in [6.07, 6.45) is 7.71. The highest BCUT2D eigenvalue weighted by Gasteiger charge is 2.32. The molecular weight excluding hydrogens is 96.1 g/mol. The van der Waals surface area contributed by atoms with E-state index in [1.807, 2.05) is 0 Å². The maximum Gasteiger partial charge on any atom is -0.0202 e. The van der Waals surface area contributed by atoms with Crippen LogP contribution in [0.3, 0.4) is 0 Å². The summed E-state index contributed by atoms with van der Waals surface area (Å²) in [7, 11) is 0. The Labute approximate surface area is 50.6 Å². The first-order valence-electron chi connectivity index (χ1n) is 3.54. The second-order valence-corrected chi connectivity index (χ2v) is 3.26. The van der Waals surface area contributed by atoms with E-state index in [0.717, 1.165) is 17.8 Å². The number of hydrogen-bond acceptors (Lipinski definition) is 0. The molecule has 0 aromatic carbocycles. The molecule has 0 aromatic rings. The Hall–Kier alpha value is -0.260. The van der Waals surface area contributed by atoms with Gasteiger partial charge in [-0.15, -0.1) is 0 Å². The molecule has 0 nitrogen and oxygen atoms in total. The Morgan fingerprint density at radius 1 is 1.25 bits per heavy atom. The highest BCUT2D eigenvalue weighted by Crippen LogP contribution is 2.42. The van der Waals surface area contributed by atoms with E-state index in [4.69, 9.17) is 0 Å². The van der Waals surface area contributed by atoms with Gasteiger partial charge in [0.1, 0.15) is 0 Å². The van der Waals surface area contributed by atoms with Crippen LogP contribution in [0.5, 0.6) is 0 Å². The molecule has 3 atom stereocenters. The normalized spacial score (nSPS) is 50.9. The van der Waals surface area contributed by atoms with Crippen molar-refractivity contribution in [2.45, 2.75) is 19.8 Å². The summed E-state index contributed by atoms with van der Waals surface area (Å²) in [4.78, 5) is 0. The topological polar surface area (TPSA) is 0 Å². The Morgan fingerprint density at radius 2 is 2.12 bits per heavy atom. The Bertz CT molecular complexity index is 124. The highest BCUT2D eigenvalue weighted by atomic mass is 14.4. The molecule has 44 valence electrons. The van der Waals surface area contributed by atoms with Crippen LogP contribution in [0, 0.1) is 17.8 Å². The molecule has 2 aliphatic carbocycles. The van der Waals surface area contributed by atoms with E-state index in [1.54, 1.807) is 0 Å².